The monoisotopic (exact) mass is 641 g/mol. The van der Waals surface area contributed by atoms with Crippen molar-refractivity contribution in [2.24, 2.45) is 12.2 Å². The van der Waals surface area contributed by atoms with Crippen LogP contribution in [-0.4, -0.2) is 42.2 Å². The zero-order chi connectivity index (χ0) is 29.3. The molecule has 40 heavy (non-hydrogen) atoms. The molecule has 0 unspecified atom stereocenters. The number of hydrogen-bond acceptors (Lipinski definition) is 7. The number of ether oxygens (including phenoxy) is 4. The van der Waals surface area contributed by atoms with Gasteiger partial charge in [0.05, 0.1) is 34.1 Å². The summed E-state index contributed by atoms with van der Waals surface area (Å²) in [7, 11) is 1.65. The van der Waals surface area contributed by atoms with Gasteiger partial charge in [-0.25, -0.2) is 4.68 Å². The van der Waals surface area contributed by atoms with Gasteiger partial charge < -0.3 is 23.8 Å². The number of oxime groups is 1. The standard InChI is InChI=1S/C25H22Cl4F3N3O5/c1-15-19(24(35(2)34-15)39-16-4-6-17(7-5-16)40-25(30,31)32)14-33-38-10-3-9-37-23-20(26)12-18(13-21(23)27)36-11-8-22(28)29/h4-8,12-14H,3,9-11H2,1-2H3/b33-14+. The van der Waals surface area contributed by atoms with Gasteiger partial charge in [0.15, 0.2) is 5.75 Å². The van der Waals surface area contributed by atoms with Crippen molar-refractivity contribution in [2.75, 3.05) is 19.8 Å². The van der Waals surface area contributed by atoms with Crippen LogP contribution in [0.25, 0.3) is 0 Å². The van der Waals surface area contributed by atoms with E-state index in [1.165, 1.54) is 29.1 Å². The largest absolute Gasteiger partial charge is 0.573 e. The van der Waals surface area contributed by atoms with Crippen LogP contribution in [0.4, 0.5) is 13.2 Å². The fraction of sp³-hybridized carbons (Fsp3) is 0.280. The van der Waals surface area contributed by atoms with E-state index in [4.69, 9.17) is 65.5 Å². The van der Waals surface area contributed by atoms with Crippen LogP contribution < -0.4 is 18.9 Å². The van der Waals surface area contributed by atoms with Gasteiger partial charge in [-0.05, 0) is 37.3 Å². The van der Waals surface area contributed by atoms with Crippen LogP contribution in [0, 0.1) is 6.92 Å². The second kappa shape index (κ2) is 14.6. The lowest BCUT2D eigenvalue weighted by Gasteiger charge is -2.12. The van der Waals surface area contributed by atoms with E-state index >= 15 is 0 Å². The van der Waals surface area contributed by atoms with Crippen LogP contribution >= 0.6 is 46.4 Å². The molecular formula is C25H22Cl4F3N3O5. The normalized spacial score (nSPS) is 11.4. The Kier molecular flexibility index (Phi) is 11.5. The molecule has 0 amide bonds. The molecule has 0 fully saturated rings. The zero-order valence-corrected chi connectivity index (χ0v) is 24.0. The molecule has 0 atom stereocenters. The van der Waals surface area contributed by atoms with Crippen molar-refractivity contribution in [1.82, 2.24) is 9.78 Å². The number of aromatic nitrogens is 2. The summed E-state index contributed by atoms with van der Waals surface area (Å²) in [6.45, 7) is 2.35. The molecule has 1 heterocycles. The minimum absolute atomic E-state index is 0.0835. The van der Waals surface area contributed by atoms with Crippen molar-refractivity contribution in [3.63, 3.8) is 0 Å². The second-order valence-electron chi connectivity index (χ2n) is 7.84. The maximum atomic E-state index is 12.4. The van der Waals surface area contributed by atoms with Gasteiger partial charge in [0.25, 0.3) is 0 Å². The molecular weight excluding hydrogens is 621 g/mol. The Labute approximate surface area is 247 Å². The number of aryl methyl sites for hydroxylation is 2. The molecule has 1 aromatic heterocycles. The van der Waals surface area contributed by atoms with Crippen LogP contribution in [0.15, 0.2) is 52.1 Å². The molecule has 0 aliphatic carbocycles. The number of rotatable bonds is 13. The molecule has 0 saturated heterocycles. The lowest BCUT2D eigenvalue weighted by molar-refractivity contribution is -0.274. The average Bonchev–Trinajstić information content (AvgIpc) is 3.11. The number of benzene rings is 2. The van der Waals surface area contributed by atoms with Crippen molar-refractivity contribution >= 4 is 52.6 Å². The van der Waals surface area contributed by atoms with E-state index in [9.17, 15) is 13.2 Å². The molecule has 216 valence electrons. The molecule has 0 spiro atoms. The number of nitrogens with zero attached hydrogens (tertiary/aromatic N) is 3. The molecule has 0 aliphatic heterocycles. The summed E-state index contributed by atoms with van der Waals surface area (Å²) in [6, 6.07) is 8.08. The topological polar surface area (TPSA) is 76.3 Å². The lowest BCUT2D eigenvalue weighted by atomic mass is 10.3. The van der Waals surface area contributed by atoms with Crippen LogP contribution in [0.5, 0.6) is 28.9 Å². The van der Waals surface area contributed by atoms with E-state index in [1.807, 2.05) is 0 Å². The average molecular weight is 643 g/mol. The lowest BCUT2D eigenvalue weighted by Crippen LogP contribution is -2.16. The molecule has 0 radical (unpaired) electrons. The Bertz CT molecular complexity index is 1320. The highest BCUT2D eigenvalue weighted by atomic mass is 35.5. The van der Waals surface area contributed by atoms with Crippen LogP contribution in [0.1, 0.15) is 17.7 Å². The quantitative estimate of drug-likeness (QED) is 0.106. The van der Waals surface area contributed by atoms with Gasteiger partial charge in [-0.15, -0.1) is 13.2 Å². The molecule has 0 bridgehead atoms. The molecule has 3 rings (SSSR count). The summed E-state index contributed by atoms with van der Waals surface area (Å²) in [4.78, 5) is 5.31. The van der Waals surface area contributed by atoms with Crippen molar-refractivity contribution in [1.29, 1.82) is 0 Å². The van der Waals surface area contributed by atoms with Crippen molar-refractivity contribution < 1.29 is 37.0 Å². The smallest absolute Gasteiger partial charge is 0.490 e. The minimum atomic E-state index is -4.78. The fourth-order valence-electron chi connectivity index (χ4n) is 3.14. The van der Waals surface area contributed by atoms with Gasteiger partial charge in [0.2, 0.25) is 5.88 Å². The predicted octanol–water partition coefficient (Wildman–Crippen LogP) is 8.24. The number of halogens is 7. The Morgan fingerprint density at radius 2 is 1.65 bits per heavy atom. The Hall–Kier alpha value is -2.99. The first-order valence-corrected chi connectivity index (χ1v) is 12.9. The van der Waals surface area contributed by atoms with E-state index in [1.54, 1.807) is 26.1 Å². The minimum Gasteiger partial charge on any atom is -0.490 e. The van der Waals surface area contributed by atoms with Crippen molar-refractivity contribution in [3.8, 4) is 28.9 Å². The maximum absolute atomic E-state index is 12.4. The van der Waals surface area contributed by atoms with Gasteiger partial charge in [-0.2, -0.15) is 5.10 Å². The summed E-state index contributed by atoms with van der Waals surface area (Å²) in [5, 5.41) is 8.77. The van der Waals surface area contributed by atoms with Crippen LogP contribution in [-0.2, 0) is 11.9 Å². The summed E-state index contributed by atoms with van der Waals surface area (Å²) in [6.07, 6.45) is -1.42. The van der Waals surface area contributed by atoms with Crippen molar-refractivity contribution in [3.05, 3.63) is 68.3 Å². The summed E-state index contributed by atoms with van der Waals surface area (Å²) >= 11 is 23.6. The van der Waals surface area contributed by atoms with Gasteiger partial charge in [-0.3, -0.25) is 0 Å². The highest BCUT2D eigenvalue weighted by molar-refractivity contribution is 6.55. The Morgan fingerprint density at radius 3 is 2.27 bits per heavy atom. The first kappa shape index (κ1) is 31.5. The van der Waals surface area contributed by atoms with Gasteiger partial charge in [-0.1, -0.05) is 51.6 Å². The van der Waals surface area contributed by atoms with Gasteiger partial charge in [0, 0.05) is 25.6 Å². The second-order valence-corrected chi connectivity index (χ2v) is 9.66. The van der Waals surface area contributed by atoms with E-state index in [-0.39, 0.29) is 45.9 Å². The highest BCUT2D eigenvalue weighted by Gasteiger charge is 2.31. The molecule has 2 aromatic carbocycles. The summed E-state index contributed by atoms with van der Waals surface area (Å²) < 4.78 is 59.4. The number of hydrogen-bond donors (Lipinski definition) is 0. The molecule has 0 aliphatic rings. The fourth-order valence-corrected chi connectivity index (χ4v) is 3.85. The zero-order valence-electron chi connectivity index (χ0n) is 21.0. The summed E-state index contributed by atoms with van der Waals surface area (Å²) in [5.41, 5.74) is 1.13. The van der Waals surface area contributed by atoms with Gasteiger partial charge >= 0.3 is 6.36 Å². The molecule has 15 heteroatoms. The summed E-state index contributed by atoms with van der Waals surface area (Å²) in [5.74, 6) is 0.954. The predicted molar refractivity (Wildman–Crippen MR) is 147 cm³/mol. The first-order valence-electron chi connectivity index (χ1n) is 11.4. The highest BCUT2D eigenvalue weighted by Crippen LogP contribution is 2.37. The van der Waals surface area contributed by atoms with Crippen LogP contribution in [0.3, 0.4) is 0 Å². The molecule has 0 saturated carbocycles. The van der Waals surface area contributed by atoms with E-state index in [2.05, 4.69) is 15.0 Å². The van der Waals surface area contributed by atoms with Crippen LogP contribution in [0.2, 0.25) is 10.0 Å². The third-order valence-corrected chi connectivity index (χ3v) is 5.70. The van der Waals surface area contributed by atoms with Gasteiger partial charge in [0.1, 0.15) is 35.0 Å². The van der Waals surface area contributed by atoms with E-state index in [0.717, 1.165) is 12.1 Å². The molecule has 0 N–H and O–H groups in total. The van der Waals surface area contributed by atoms with Crippen molar-refractivity contribution in [2.45, 2.75) is 19.7 Å². The third kappa shape index (κ3) is 9.88. The van der Waals surface area contributed by atoms with E-state index < -0.39 is 6.36 Å². The third-order valence-electron chi connectivity index (χ3n) is 4.83. The first-order chi connectivity index (χ1) is 18.9. The maximum Gasteiger partial charge on any atom is 0.573 e. The Balaban J connectivity index is 1.49. The SMILES string of the molecule is Cc1nn(C)c(Oc2ccc(OC(F)(F)F)cc2)c1/C=N/OCCCOc1c(Cl)cc(OCC=C(Cl)Cl)cc1Cl. The number of alkyl halides is 3. The van der Waals surface area contributed by atoms with E-state index in [0.29, 0.717) is 35.1 Å². The Morgan fingerprint density at radius 1 is 1.00 bits per heavy atom. The molecule has 3 aromatic rings. The molecule has 8 nitrogen and oxygen atoms in total.